The van der Waals surface area contributed by atoms with E-state index in [-0.39, 0.29) is 23.5 Å². The average Bonchev–Trinajstić information content (AvgIpc) is 2.68. The first-order valence-electron chi connectivity index (χ1n) is 8.84. The van der Waals surface area contributed by atoms with Crippen LogP contribution in [0.25, 0.3) is 0 Å². The second kappa shape index (κ2) is 8.16. The summed E-state index contributed by atoms with van der Waals surface area (Å²) in [6, 6.07) is 9.37. The van der Waals surface area contributed by atoms with Gasteiger partial charge in [0, 0.05) is 52.3 Å². The lowest BCUT2D eigenvalue weighted by Gasteiger charge is -2.32. The number of hydrogen-bond donors (Lipinski definition) is 0. The molecule has 27 heavy (non-hydrogen) atoms. The number of rotatable bonds is 4. The van der Waals surface area contributed by atoms with E-state index in [0.29, 0.717) is 37.4 Å². The van der Waals surface area contributed by atoms with Crippen molar-refractivity contribution in [1.29, 1.82) is 0 Å². The van der Waals surface area contributed by atoms with Crippen LogP contribution in [0.4, 0.5) is 4.39 Å². The van der Waals surface area contributed by atoms with Crippen molar-refractivity contribution in [1.82, 2.24) is 14.8 Å². The van der Waals surface area contributed by atoms with Crippen LogP contribution in [0.5, 0.6) is 5.88 Å². The maximum atomic E-state index is 13.8. The van der Waals surface area contributed by atoms with Crippen molar-refractivity contribution < 1.29 is 18.7 Å². The zero-order valence-corrected chi connectivity index (χ0v) is 15.4. The summed E-state index contributed by atoms with van der Waals surface area (Å²) < 4.78 is 19.7. The largest absolute Gasteiger partial charge is 0.474 e. The third kappa shape index (κ3) is 4.42. The summed E-state index contributed by atoms with van der Waals surface area (Å²) in [4.78, 5) is 31.6. The van der Waals surface area contributed by atoms with Gasteiger partial charge in [0.25, 0.3) is 11.8 Å². The molecule has 2 heterocycles. The number of nitrogens with zero attached hydrogens (tertiary/aromatic N) is 3. The molecule has 0 N–H and O–H groups in total. The fraction of sp³-hybridized carbons (Fsp3) is 0.350. The first-order valence-corrected chi connectivity index (χ1v) is 8.84. The fourth-order valence-corrected chi connectivity index (χ4v) is 2.99. The molecule has 142 valence electrons. The van der Waals surface area contributed by atoms with Gasteiger partial charge in [0.15, 0.2) is 0 Å². The van der Waals surface area contributed by atoms with E-state index in [4.69, 9.17) is 4.74 Å². The Hall–Kier alpha value is -2.96. The Morgan fingerprint density at radius 2 is 1.85 bits per heavy atom. The number of piperidine rings is 1. The predicted molar refractivity (Wildman–Crippen MR) is 98.2 cm³/mol. The first kappa shape index (κ1) is 18.8. The maximum Gasteiger partial charge on any atom is 0.256 e. The van der Waals surface area contributed by atoms with Crippen molar-refractivity contribution in [2.24, 2.45) is 0 Å². The molecule has 1 fully saturated rings. The lowest BCUT2D eigenvalue weighted by molar-refractivity contribution is 0.0584. The van der Waals surface area contributed by atoms with E-state index in [2.05, 4.69) is 4.98 Å². The molecule has 0 atom stereocenters. The second-order valence-electron chi connectivity index (χ2n) is 6.67. The minimum absolute atomic E-state index is 0.0717. The van der Waals surface area contributed by atoms with Gasteiger partial charge in [-0.3, -0.25) is 9.59 Å². The minimum Gasteiger partial charge on any atom is -0.474 e. The summed E-state index contributed by atoms with van der Waals surface area (Å²) in [6.07, 6.45) is 2.70. The Bertz CT molecular complexity index is 815. The lowest BCUT2D eigenvalue weighted by Crippen LogP contribution is -2.42. The third-order valence-corrected chi connectivity index (χ3v) is 4.51. The van der Waals surface area contributed by atoms with E-state index in [1.165, 1.54) is 23.2 Å². The molecule has 3 rings (SSSR count). The summed E-state index contributed by atoms with van der Waals surface area (Å²) in [5.41, 5.74) is 0.595. The van der Waals surface area contributed by atoms with Gasteiger partial charge in [-0.15, -0.1) is 0 Å². The molecule has 1 aliphatic rings. The number of halogens is 1. The molecule has 0 radical (unpaired) electrons. The van der Waals surface area contributed by atoms with Gasteiger partial charge < -0.3 is 14.5 Å². The number of hydrogen-bond acceptors (Lipinski definition) is 4. The molecule has 0 saturated carbocycles. The Balaban J connectivity index is 1.54. The molecule has 0 spiro atoms. The Labute approximate surface area is 157 Å². The van der Waals surface area contributed by atoms with E-state index >= 15 is 0 Å². The quantitative estimate of drug-likeness (QED) is 0.829. The standard InChI is InChI=1S/C20H22FN3O3/c1-23(2)19(25)14-7-8-18(22-13-14)27-15-9-11-24(12-10-15)20(26)16-5-3-4-6-17(16)21/h3-8,13,15H,9-12H2,1-2H3. The molecule has 6 nitrogen and oxygen atoms in total. The molecule has 2 aromatic rings. The Kier molecular flexibility index (Phi) is 5.69. The maximum absolute atomic E-state index is 13.8. The van der Waals surface area contributed by atoms with Crippen molar-refractivity contribution in [3.8, 4) is 5.88 Å². The predicted octanol–water partition coefficient (Wildman–Crippen LogP) is 2.61. The van der Waals surface area contributed by atoms with Crippen molar-refractivity contribution in [2.75, 3.05) is 27.2 Å². The number of ether oxygens (including phenoxy) is 1. The smallest absolute Gasteiger partial charge is 0.256 e. The number of aromatic nitrogens is 1. The van der Waals surface area contributed by atoms with Crippen LogP contribution in [0.15, 0.2) is 42.6 Å². The minimum atomic E-state index is -0.502. The zero-order chi connectivity index (χ0) is 19.4. The fourth-order valence-electron chi connectivity index (χ4n) is 2.99. The summed E-state index contributed by atoms with van der Waals surface area (Å²) in [5.74, 6) is -0.466. The summed E-state index contributed by atoms with van der Waals surface area (Å²) in [6.45, 7) is 0.990. The van der Waals surface area contributed by atoms with E-state index in [1.807, 2.05) is 0 Å². The van der Waals surface area contributed by atoms with Gasteiger partial charge in [-0.2, -0.15) is 0 Å². The number of carbonyl (C=O) groups is 2. The molecule has 7 heteroatoms. The van der Waals surface area contributed by atoms with E-state index < -0.39 is 5.82 Å². The molecule has 1 aliphatic heterocycles. The molecule has 1 aromatic heterocycles. The van der Waals surface area contributed by atoms with Crippen LogP contribution in [0.1, 0.15) is 33.6 Å². The van der Waals surface area contributed by atoms with Gasteiger partial charge in [0.2, 0.25) is 5.88 Å². The van der Waals surface area contributed by atoms with Crippen LogP contribution in [0, 0.1) is 5.82 Å². The molecular formula is C20H22FN3O3. The molecule has 0 bridgehead atoms. The number of likely N-dealkylation sites (tertiary alicyclic amines) is 1. The molecule has 1 saturated heterocycles. The molecule has 0 unspecified atom stereocenters. The SMILES string of the molecule is CN(C)C(=O)c1ccc(OC2CCN(C(=O)c3ccccc3F)CC2)nc1. The van der Waals surface area contributed by atoms with Crippen LogP contribution in [0.3, 0.4) is 0 Å². The highest BCUT2D eigenvalue weighted by molar-refractivity contribution is 5.94. The highest BCUT2D eigenvalue weighted by atomic mass is 19.1. The highest BCUT2D eigenvalue weighted by Crippen LogP contribution is 2.20. The van der Waals surface area contributed by atoms with Crippen LogP contribution in [-0.2, 0) is 0 Å². The van der Waals surface area contributed by atoms with Gasteiger partial charge >= 0.3 is 0 Å². The van der Waals surface area contributed by atoms with Gasteiger partial charge in [-0.1, -0.05) is 12.1 Å². The van der Waals surface area contributed by atoms with E-state index in [9.17, 15) is 14.0 Å². The normalized spacial score (nSPS) is 14.7. The van der Waals surface area contributed by atoms with Crippen LogP contribution in [0.2, 0.25) is 0 Å². The van der Waals surface area contributed by atoms with Crippen LogP contribution < -0.4 is 4.74 Å². The highest BCUT2D eigenvalue weighted by Gasteiger charge is 2.26. The number of amides is 2. The molecule has 1 aromatic carbocycles. The lowest BCUT2D eigenvalue weighted by atomic mass is 10.1. The van der Waals surface area contributed by atoms with Gasteiger partial charge in [0.05, 0.1) is 11.1 Å². The van der Waals surface area contributed by atoms with Crippen molar-refractivity contribution in [3.63, 3.8) is 0 Å². The van der Waals surface area contributed by atoms with E-state index in [0.717, 1.165) is 0 Å². The molecular weight excluding hydrogens is 349 g/mol. The molecule has 0 aliphatic carbocycles. The Morgan fingerprint density at radius 3 is 2.44 bits per heavy atom. The topological polar surface area (TPSA) is 62.7 Å². The Morgan fingerprint density at radius 1 is 1.15 bits per heavy atom. The first-order chi connectivity index (χ1) is 13.0. The summed E-state index contributed by atoms with van der Waals surface area (Å²) in [7, 11) is 3.37. The number of pyridine rings is 1. The summed E-state index contributed by atoms with van der Waals surface area (Å²) in [5, 5.41) is 0. The van der Waals surface area contributed by atoms with Gasteiger partial charge in [-0.05, 0) is 18.2 Å². The monoisotopic (exact) mass is 371 g/mol. The zero-order valence-electron chi connectivity index (χ0n) is 15.4. The van der Waals surface area contributed by atoms with Crippen molar-refractivity contribution in [2.45, 2.75) is 18.9 Å². The third-order valence-electron chi connectivity index (χ3n) is 4.51. The van der Waals surface area contributed by atoms with Crippen LogP contribution in [-0.4, -0.2) is 59.9 Å². The number of carbonyl (C=O) groups excluding carboxylic acids is 2. The second-order valence-corrected chi connectivity index (χ2v) is 6.67. The van der Waals surface area contributed by atoms with Crippen molar-refractivity contribution >= 4 is 11.8 Å². The number of benzene rings is 1. The summed E-state index contributed by atoms with van der Waals surface area (Å²) >= 11 is 0. The van der Waals surface area contributed by atoms with Crippen LogP contribution >= 0.6 is 0 Å². The van der Waals surface area contributed by atoms with Gasteiger partial charge in [0.1, 0.15) is 11.9 Å². The van der Waals surface area contributed by atoms with Gasteiger partial charge in [-0.25, -0.2) is 9.37 Å². The average molecular weight is 371 g/mol. The van der Waals surface area contributed by atoms with Crippen molar-refractivity contribution in [3.05, 3.63) is 59.5 Å². The van der Waals surface area contributed by atoms with E-state index in [1.54, 1.807) is 43.3 Å². The molecule has 2 amide bonds.